The molecule has 1 aromatic rings. The molecule has 2 atom stereocenters. The van der Waals surface area contributed by atoms with Crippen LogP contribution in [0.4, 0.5) is 0 Å². The van der Waals surface area contributed by atoms with Crippen LogP contribution in [-0.2, 0) is 20.0 Å². The number of nitrogens with zero attached hydrogens (tertiary/aromatic N) is 1. The van der Waals surface area contributed by atoms with Gasteiger partial charge in [-0.25, -0.2) is 21.6 Å². The Kier molecular flexibility index (Phi) is 5.50. The van der Waals surface area contributed by atoms with Gasteiger partial charge in [0.2, 0.25) is 20.0 Å². The molecule has 0 radical (unpaired) electrons. The molecule has 2 heterocycles. The lowest BCUT2D eigenvalue weighted by Gasteiger charge is -2.30. The maximum atomic E-state index is 12.9. The zero-order chi connectivity index (χ0) is 18.1. The van der Waals surface area contributed by atoms with E-state index in [4.69, 9.17) is 0 Å². The van der Waals surface area contributed by atoms with Crippen molar-refractivity contribution in [3.05, 3.63) is 24.3 Å². The second kappa shape index (κ2) is 7.32. The van der Waals surface area contributed by atoms with Crippen LogP contribution in [0.3, 0.4) is 0 Å². The summed E-state index contributed by atoms with van der Waals surface area (Å²) in [5, 5.41) is 3.23. The number of hydrogen-bond donors (Lipinski definition) is 2. The largest absolute Gasteiger partial charge is 0.316 e. The van der Waals surface area contributed by atoms with Crippen LogP contribution in [-0.4, -0.2) is 53.4 Å². The van der Waals surface area contributed by atoms with Crippen LogP contribution in [0, 0.1) is 5.92 Å². The summed E-state index contributed by atoms with van der Waals surface area (Å²) in [7, 11) is -7.72. The van der Waals surface area contributed by atoms with Crippen LogP contribution in [0.15, 0.2) is 34.1 Å². The van der Waals surface area contributed by atoms with Crippen molar-refractivity contribution in [3.63, 3.8) is 0 Å². The Hall–Kier alpha value is -1.00. The molecule has 2 saturated heterocycles. The van der Waals surface area contributed by atoms with Gasteiger partial charge < -0.3 is 5.32 Å². The second-order valence-electron chi connectivity index (χ2n) is 6.76. The van der Waals surface area contributed by atoms with Crippen molar-refractivity contribution in [2.75, 3.05) is 26.2 Å². The average Bonchev–Trinajstić information content (AvgIpc) is 3.12. The van der Waals surface area contributed by atoms with E-state index >= 15 is 0 Å². The molecule has 140 valence electrons. The molecule has 2 fully saturated rings. The zero-order valence-electron chi connectivity index (χ0n) is 14.3. The normalized spacial score (nSPS) is 26.0. The van der Waals surface area contributed by atoms with Crippen molar-refractivity contribution < 1.29 is 16.8 Å². The van der Waals surface area contributed by atoms with Crippen LogP contribution in [0.1, 0.15) is 26.2 Å². The summed E-state index contributed by atoms with van der Waals surface area (Å²) in [6, 6.07) is 5.68. The number of piperidine rings is 1. The Labute approximate surface area is 149 Å². The molecule has 0 amide bonds. The number of sulfonamides is 2. The van der Waals surface area contributed by atoms with Crippen LogP contribution in [0.25, 0.3) is 0 Å². The standard InChI is InChI=1S/C16H25N3O4S2/c1-13-12-17-9-8-14(13)18-24(20,21)15-6-2-3-7-16(15)25(22,23)19-10-4-5-11-19/h2-3,6-7,13-14,17-18H,4-5,8-12H2,1H3. The highest BCUT2D eigenvalue weighted by molar-refractivity contribution is 7.92. The Balaban J connectivity index is 1.94. The van der Waals surface area contributed by atoms with E-state index in [1.807, 2.05) is 6.92 Å². The third-order valence-corrected chi connectivity index (χ3v) is 8.55. The summed E-state index contributed by atoms with van der Waals surface area (Å²) in [5.74, 6) is 0.144. The fourth-order valence-electron chi connectivity index (χ4n) is 3.40. The van der Waals surface area contributed by atoms with Gasteiger partial charge in [0.15, 0.2) is 0 Å². The molecule has 0 aromatic heterocycles. The Bertz CT molecular complexity index is 818. The van der Waals surface area contributed by atoms with Crippen molar-refractivity contribution in [1.82, 2.24) is 14.3 Å². The van der Waals surface area contributed by atoms with Crippen LogP contribution in [0.2, 0.25) is 0 Å². The van der Waals surface area contributed by atoms with Crippen LogP contribution in [0.5, 0.6) is 0 Å². The summed E-state index contributed by atoms with van der Waals surface area (Å²) in [4.78, 5) is -0.293. The lowest BCUT2D eigenvalue weighted by molar-refractivity contribution is 0.328. The van der Waals surface area contributed by atoms with E-state index in [0.29, 0.717) is 19.5 Å². The minimum absolute atomic E-state index is 0.133. The van der Waals surface area contributed by atoms with Crippen molar-refractivity contribution >= 4 is 20.0 Å². The number of hydrogen-bond acceptors (Lipinski definition) is 5. The quantitative estimate of drug-likeness (QED) is 0.777. The summed E-state index contributed by atoms with van der Waals surface area (Å²) < 4.78 is 55.7. The summed E-state index contributed by atoms with van der Waals surface area (Å²) >= 11 is 0. The van der Waals surface area contributed by atoms with Gasteiger partial charge in [-0.2, -0.15) is 4.31 Å². The molecule has 7 nitrogen and oxygen atoms in total. The molecule has 2 unspecified atom stereocenters. The molecule has 1 aromatic carbocycles. The van der Waals surface area contributed by atoms with Crippen LogP contribution >= 0.6 is 0 Å². The Morgan fingerprint density at radius 3 is 2.36 bits per heavy atom. The van der Waals surface area contributed by atoms with E-state index < -0.39 is 20.0 Å². The summed E-state index contributed by atoms with van der Waals surface area (Å²) in [6.07, 6.45) is 2.29. The molecule has 2 aliphatic rings. The predicted molar refractivity (Wildman–Crippen MR) is 95.2 cm³/mol. The first kappa shape index (κ1) is 18.8. The maximum absolute atomic E-state index is 12.9. The first-order valence-corrected chi connectivity index (χ1v) is 11.6. The molecule has 0 bridgehead atoms. The lowest BCUT2D eigenvalue weighted by Crippen LogP contribution is -2.48. The first-order valence-electron chi connectivity index (χ1n) is 8.64. The minimum atomic E-state index is -3.92. The van der Waals surface area contributed by atoms with Gasteiger partial charge in [-0.15, -0.1) is 0 Å². The van der Waals surface area contributed by atoms with E-state index in [9.17, 15) is 16.8 Å². The minimum Gasteiger partial charge on any atom is -0.316 e. The number of nitrogens with one attached hydrogen (secondary N) is 2. The van der Waals surface area contributed by atoms with E-state index in [1.54, 1.807) is 12.1 Å². The van der Waals surface area contributed by atoms with E-state index in [0.717, 1.165) is 25.9 Å². The molecule has 0 aliphatic carbocycles. The van der Waals surface area contributed by atoms with Gasteiger partial charge in [0.05, 0.1) is 0 Å². The first-order chi connectivity index (χ1) is 11.8. The Morgan fingerprint density at radius 1 is 1.08 bits per heavy atom. The fraction of sp³-hybridized carbons (Fsp3) is 0.625. The number of benzene rings is 1. The van der Waals surface area contributed by atoms with Crippen molar-refractivity contribution in [1.29, 1.82) is 0 Å². The van der Waals surface area contributed by atoms with Gasteiger partial charge in [0.25, 0.3) is 0 Å². The van der Waals surface area contributed by atoms with Gasteiger partial charge in [-0.05, 0) is 50.4 Å². The van der Waals surface area contributed by atoms with Crippen molar-refractivity contribution in [2.24, 2.45) is 5.92 Å². The van der Waals surface area contributed by atoms with Gasteiger partial charge in [-0.1, -0.05) is 19.1 Å². The van der Waals surface area contributed by atoms with E-state index in [1.165, 1.54) is 16.4 Å². The second-order valence-corrected chi connectivity index (χ2v) is 10.3. The highest BCUT2D eigenvalue weighted by Crippen LogP contribution is 2.27. The molecule has 2 aliphatic heterocycles. The van der Waals surface area contributed by atoms with Gasteiger partial charge in [0, 0.05) is 19.1 Å². The average molecular weight is 388 g/mol. The maximum Gasteiger partial charge on any atom is 0.244 e. The highest BCUT2D eigenvalue weighted by atomic mass is 32.2. The molecular formula is C16H25N3O4S2. The molecule has 25 heavy (non-hydrogen) atoms. The fourth-order valence-corrected chi connectivity index (χ4v) is 7.11. The molecule has 9 heteroatoms. The third kappa shape index (κ3) is 3.90. The molecule has 0 spiro atoms. The topological polar surface area (TPSA) is 95.6 Å². The van der Waals surface area contributed by atoms with Crippen molar-refractivity contribution in [2.45, 2.75) is 42.0 Å². The Morgan fingerprint density at radius 2 is 1.72 bits per heavy atom. The molecule has 3 rings (SSSR count). The lowest BCUT2D eigenvalue weighted by atomic mass is 9.97. The molecular weight excluding hydrogens is 362 g/mol. The SMILES string of the molecule is CC1CNCCC1NS(=O)(=O)c1ccccc1S(=O)(=O)N1CCCC1. The van der Waals surface area contributed by atoms with Gasteiger partial charge in [0.1, 0.15) is 9.79 Å². The summed E-state index contributed by atoms with van der Waals surface area (Å²) in [6.45, 7) is 4.34. The third-order valence-electron chi connectivity index (χ3n) is 4.91. The van der Waals surface area contributed by atoms with Gasteiger partial charge >= 0.3 is 0 Å². The van der Waals surface area contributed by atoms with E-state index in [2.05, 4.69) is 10.0 Å². The predicted octanol–water partition coefficient (Wildman–Crippen LogP) is 0.747. The van der Waals surface area contributed by atoms with Crippen molar-refractivity contribution in [3.8, 4) is 0 Å². The smallest absolute Gasteiger partial charge is 0.244 e. The molecule has 0 saturated carbocycles. The van der Waals surface area contributed by atoms with E-state index in [-0.39, 0.29) is 21.8 Å². The molecule has 2 N–H and O–H groups in total. The monoisotopic (exact) mass is 387 g/mol. The summed E-state index contributed by atoms with van der Waals surface area (Å²) in [5.41, 5.74) is 0. The van der Waals surface area contributed by atoms with Crippen LogP contribution < -0.4 is 10.0 Å². The zero-order valence-corrected chi connectivity index (χ0v) is 15.9. The van der Waals surface area contributed by atoms with Gasteiger partial charge in [-0.3, -0.25) is 0 Å². The highest BCUT2D eigenvalue weighted by Gasteiger charge is 2.34. The number of rotatable bonds is 5.